The van der Waals surface area contributed by atoms with Crippen molar-refractivity contribution >= 4 is 50.8 Å². The van der Waals surface area contributed by atoms with E-state index in [1.165, 1.54) is 0 Å². The molecule has 39 heavy (non-hydrogen) atoms. The van der Waals surface area contributed by atoms with Gasteiger partial charge in [-0.15, -0.1) is 0 Å². The molecule has 0 amide bonds. The second kappa shape index (κ2) is 8.22. The number of anilines is 5. The molecule has 7 aromatic rings. The van der Waals surface area contributed by atoms with E-state index >= 15 is 0 Å². The summed E-state index contributed by atoms with van der Waals surface area (Å²) in [5.41, 5.74) is 11.6. The van der Waals surface area contributed by atoms with E-state index in [2.05, 4.69) is 107 Å². The number of pyridine rings is 1. The first-order chi connectivity index (χ1) is 19.2. The number of hydrogen-bond donors (Lipinski definition) is 2. The maximum atomic E-state index is 5.08. The van der Waals surface area contributed by atoms with Crippen LogP contribution in [0.15, 0.2) is 97.6 Å². The average Bonchev–Trinajstić information content (AvgIpc) is 3.62. The first-order valence-electron chi connectivity index (χ1n) is 12.6. The summed E-state index contributed by atoms with van der Waals surface area (Å²) in [6.45, 7) is 0. The van der Waals surface area contributed by atoms with E-state index in [9.17, 15) is 0 Å². The SMILES string of the molecule is CN1c2ccccc2N(c2cc(-c3cc4nccnc4[nH]3)nc(-c3cc4nccnc4[nH]3)c2)c2ccccc21. The van der Waals surface area contributed by atoms with Gasteiger partial charge in [0.05, 0.1) is 51.2 Å². The number of benzene rings is 2. The van der Waals surface area contributed by atoms with E-state index in [0.717, 1.165) is 73.5 Å². The van der Waals surface area contributed by atoms with Crippen molar-refractivity contribution in [3.63, 3.8) is 0 Å². The Kier molecular flexibility index (Phi) is 4.53. The van der Waals surface area contributed by atoms with Crippen LogP contribution >= 0.6 is 0 Å². The normalized spacial score (nSPS) is 12.6. The number of aromatic amines is 2. The van der Waals surface area contributed by atoms with Crippen molar-refractivity contribution in [2.45, 2.75) is 0 Å². The maximum Gasteiger partial charge on any atom is 0.156 e. The van der Waals surface area contributed by atoms with Crippen LogP contribution in [-0.4, -0.2) is 41.9 Å². The minimum Gasteiger partial charge on any atom is -0.341 e. The third-order valence-electron chi connectivity index (χ3n) is 7.11. The Hall–Kier alpha value is -5.57. The van der Waals surface area contributed by atoms with Crippen molar-refractivity contribution in [2.75, 3.05) is 16.8 Å². The van der Waals surface area contributed by atoms with Crippen molar-refractivity contribution in [3.05, 3.63) is 97.6 Å². The molecular formula is C30H21N9. The van der Waals surface area contributed by atoms with Crippen LogP contribution in [0.2, 0.25) is 0 Å². The molecule has 0 spiro atoms. The molecule has 8 rings (SSSR count). The van der Waals surface area contributed by atoms with Crippen LogP contribution < -0.4 is 9.80 Å². The minimum atomic E-state index is 0.718. The van der Waals surface area contributed by atoms with Gasteiger partial charge in [-0.2, -0.15) is 0 Å². The molecule has 0 saturated heterocycles. The third-order valence-corrected chi connectivity index (χ3v) is 7.11. The van der Waals surface area contributed by atoms with Crippen molar-refractivity contribution in [1.29, 1.82) is 0 Å². The molecule has 5 aromatic heterocycles. The highest BCUT2D eigenvalue weighted by molar-refractivity contribution is 5.98. The average molecular weight is 508 g/mol. The van der Waals surface area contributed by atoms with Gasteiger partial charge >= 0.3 is 0 Å². The quantitative estimate of drug-likeness (QED) is 0.281. The molecule has 0 saturated carbocycles. The molecule has 0 aliphatic carbocycles. The monoisotopic (exact) mass is 507 g/mol. The molecule has 0 unspecified atom stereocenters. The van der Waals surface area contributed by atoms with Gasteiger partial charge < -0.3 is 19.8 Å². The van der Waals surface area contributed by atoms with Gasteiger partial charge in [0.25, 0.3) is 0 Å². The Balaban J connectivity index is 1.39. The minimum absolute atomic E-state index is 0.718. The predicted octanol–water partition coefficient (Wildman–Crippen LogP) is 6.51. The molecular weight excluding hydrogens is 486 g/mol. The Morgan fingerprint density at radius 1 is 0.564 bits per heavy atom. The van der Waals surface area contributed by atoms with E-state index in [4.69, 9.17) is 4.98 Å². The van der Waals surface area contributed by atoms with E-state index in [-0.39, 0.29) is 0 Å². The second-order valence-corrected chi connectivity index (χ2v) is 9.41. The summed E-state index contributed by atoms with van der Waals surface area (Å²) < 4.78 is 0. The number of rotatable bonds is 3. The first kappa shape index (κ1) is 21.5. The number of H-pyrrole nitrogens is 2. The van der Waals surface area contributed by atoms with Crippen LogP contribution in [0, 0.1) is 0 Å². The Labute approximate surface area is 222 Å². The van der Waals surface area contributed by atoms with Crippen LogP contribution in [-0.2, 0) is 0 Å². The molecule has 9 nitrogen and oxygen atoms in total. The predicted molar refractivity (Wildman–Crippen MR) is 153 cm³/mol. The fourth-order valence-electron chi connectivity index (χ4n) is 5.31. The highest BCUT2D eigenvalue weighted by Gasteiger charge is 2.28. The lowest BCUT2D eigenvalue weighted by molar-refractivity contribution is 1.12. The fraction of sp³-hybridized carbons (Fsp3) is 0.0333. The molecule has 186 valence electrons. The fourth-order valence-corrected chi connectivity index (χ4v) is 5.31. The summed E-state index contributed by atoms with van der Waals surface area (Å²) in [6.07, 6.45) is 6.75. The summed E-state index contributed by atoms with van der Waals surface area (Å²) >= 11 is 0. The lowest BCUT2D eigenvalue weighted by atomic mass is 10.1. The Morgan fingerprint density at radius 2 is 1.03 bits per heavy atom. The molecule has 2 N–H and O–H groups in total. The number of hydrogen-bond acceptors (Lipinski definition) is 7. The van der Waals surface area contributed by atoms with Crippen LogP contribution in [0.3, 0.4) is 0 Å². The van der Waals surface area contributed by atoms with Crippen LogP contribution in [0.4, 0.5) is 28.4 Å². The van der Waals surface area contributed by atoms with Crippen LogP contribution in [0.1, 0.15) is 0 Å². The smallest absolute Gasteiger partial charge is 0.156 e. The van der Waals surface area contributed by atoms with E-state index in [1.54, 1.807) is 24.8 Å². The standard InChI is InChI=1S/C30H21N9/c1-38-25-6-2-4-8-27(25)39(28-9-5-3-7-26(28)38)18-14-19(21-16-23-29(36-21)33-12-10-31-23)35-20(15-18)22-17-24-30(37-22)34-13-11-32-24/h2-17H,1H3,(H,33,36)(H,34,37). The molecule has 0 radical (unpaired) electrons. The van der Waals surface area contributed by atoms with Gasteiger partial charge in [-0.25, -0.2) is 15.0 Å². The van der Waals surface area contributed by atoms with E-state index in [0.29, 0.717) is 0 Å². The zero-order valence-electron chi connectivity index (χ0n) is 20.9. The number of nitrogens with one attached hydrogen (secondary N) is 2. The van der Waals surface area contributed by atoms with Crippen molar-refractivity contribution in [2.24, 2.45) is 0 Å². The molecule has 1 aliphatic heterocycles. The van der Waals surface area contributed by atoms with Crippen molar-refractivity contribution in [3.8, 4) is 22.8 Å². The summed E-state index contributed by atoms with van der Waals surface area (Å²) in [4.78, 5) is 34.2. The molecule has 0 atom stereocenters. The van der Waals surface area contributed by atoms with Crippen molar-refractivity contribution < 1.29 is 0 Å². The molecule has 2 aromatic carbocycles. The zero-order chi connectivity index (χ0) is 25.9. The lowest BCUT2D eigenvalue weighted by Crippen LogP contribution is -2.24. The maximum absolute atomic E-state index is 5.08. The van der Waals surface area contributed by atoms with Gasteiger partial charge in [0.1, 0.15) is 11.0 Å². The molecule has 6 heterocycles. The van der Waals surface area contributed by atoms with Gasteiger partial charge in [-0.05, 0) is 48.5 Å². The first-order valence-corrected chi connectivity index (χ1v) is 12.6. The van der Waals surface area contributed by atoms with Crippen LogP contribution in [0.25, 0.3) is 45.1 Å². The van der Waals surface area contributed by atoms with Gasteiger partial charge in [-0.1, -0.05) is 24.3 Å². The van der Waals surface area contributed by atoms with Crippen molar-refractivity contribution in [1.82, 2.24) is 34.9 Å². The highest BCUT2D eigenvalue weighted by Crippen LogP contribution is 2.51. The molecule has 0 bridgehead atoms. The molecule has 0 fully saturated rings. The van der Waals surface area contributed by atoms with Crippen LogP contribution in [0.5, 0.6) is 0 Å². The van der Waals surface area contributed by atoms with Gasteiger partial charge in [0.15, 0.2) is 11.3 Å². The summed E-state index contributed by atoms with van der Waals surface area (Å²) in [5.74, 6) is 0. The van der Waals surface area contributed by atoms with Gasteiger partial charge in [0.2, 0.25) is 0 Å². The summed E-state index contributed by atoms with van der Waals surface area (Å²) in [5, 5.41) is 0. The largest absolute Gasteiger partial charge is 0.341 e. The van der Waals surface area contributed by atoms with E-state index in [1.807, 2.05) is 12.1 Å². The second-order valence-electron chi connectivity index (χ2n) is 9.41. The number of fused-ring (bicyclic) bond motifs is 4. The Bertz CT molecular complexity index is 1820. The van der Waals surface area contributed by atoms with E-state index < -0.39 is 0 Å². The third kappa shape index (κ3) is 3.37. The van der Waals surface area contributed by atoms with Gasteiger partial charge in [0, 0.05) is 31.8 Å². The topological polar surface area (TPSA) is 103 Å². The number of aromatic nitrogens is 7. The zero-order valence-corrected chi connectivity index (χ0v) is 20.9. The summed E-state index contributed by atoms with van der Waals surface area (Å²) in [6, 6.07) is 25.0. The lowest BCUT2D eigenvalue weighted by Gasteiger charge is -2.38. The van der Waals surface area contributed by atoms with Gasteiger partial charge in [-0.3, -0.25) is 9.97 Å². The Morgan fingerprint density at radius 3 is 1.51 bits per heavy atom. The highest BCUT2D eigenvalue weighted by atomic mass is 15.3. The number of nitrogens with zero attached hydrogens (tertiary/aromatic N) is 7. The number of para-hydroxylation sites is 4. The summed E-state index contributed by atoms with van der Waals surface area (Å²) in [7, 11) is 2.10. The molecule has 1 aliphatic rings. The molecule has 9 heteroatoms.